The normalized spacial score (nSPS) is 18.0. The third kappa shape index (κ3) is 3.73. The number of carbonyl (C=O) groups is 1. The molecule has 2 aromatic heterocycles. The van der Waals surface area contributed by atoms with Gasteiger partial charge in [0.1, 0.15) is 11.5 Å². The third-order valence-electron chi connectivity index (χ3n) is 4.39. The molecule has 122 valence electrons. The topological polar surface area (TPSA) is 58.4 Å². The number of hydrogen-bond donors (Lipinski definition) is 1. The van der Waals surface area contributed by atoms with Gasteiger partial charge in [-0.1, -0.05) is 6.92 Å². The summed E-state index contributed by atoms with van der Waals surface area (Å²) in [5, 5.41) is 3.27. The van der Waals surface area contributed by atoms with Crippen LogP contribution in [0.15, 0.2) is 41.1 Å². The molecule has 1 aliphatic heterocycles. The predicted octanol–water partition coefficient (Wildman–Crippen LogP) is 3.69. The Labute approximate surface area is 136 Å². The zero-order chi connectivity index (χ0) is 16.1. The predicted molar refractivity (Wildman–Crippen MR) is 89.2 cm³/mol. The number of nitrogens with zero attached hydrogens (tertiary/aromatic N) is 2. The molecule has 3 heterocycles. The van der Waals surface area contributed by atoms with Gasteiger partial charge >= 0.3 is 0 Å². The molecule has 0 saturated carbocycles. The van der Waals surface area contributed by atoms with Crippen molar-refractivity contribution < 1.29 is 9.21 Å². The number of carbonyl (C=O) groups excluding carboxylic acids is 1. The highest BCUT2D eigenvalue weighted by Crippen LogP contribution is 2.22. The largest absolute Gasteiger partial charge is 0.467 e. The monoisotopic (exact) mass is 313 g/mol. The molecule has 23 heavy (non-hydrogen) atoms. The van der Waals surface area contributed by atoms with Gasteiger partial charge < -0.3 is 14.6 Å². The number of likely N-dealkylation sites (tertiary alicyclic amines) is 1. The van der Waals surface area contributed by atoms with Crippen molar-refractivity contribution in [3.8, 4) is 0 Å². The first kappa shape index (κ1) is 15.6. The number of amides is 1. The van der Waals surface area contributed by atoms with Crippen molar-refractivity contribution in [2.75, 3.05) is 11.9 Å². The highest BCUT2D eigenvalue weighted by Gasteiger charge is 2.26. The lowest BCUT2D eigenvalue weighted by molar-refractivity contribution is 0.0602. The maximum absolute atomic E-state index is 12.8. The van der Waals surface area contributed by atoms with Crippen molar-refractivity contribution >= 4 is 11.6 Å². The zero-order valence-corrected chi connectivity index (χ0v) is 13.5. The summed E-state index contributed by atoms with van der Waals surface area (Å²) in [5.41, 5.74) is 1.39. The van der Waals surface area contributed by atoms with Gasteiger partial charge in [-0.3, -0.25) is 9.78 Å². The number of furan rings is 1. The molecule has 1 amide bonds. The van der Waals surface area contributed by atoms with Crippen molar-refractivity contribution in [2.45, 2.75) is 45.2 Å². The molecule has 1 aliphatic rings. The molecule has 3 rings (SSSR count). The Morgan fingerprint density at radius 3 is 3.13 bits per heavy atom. The second kappa shape index (κ2) is 7.31. The van der Waals surface area contributed by atoms with Gasteiger partial charge in [-0.05, 0) is 49.9 Å². The van der Waals surface area contributed by atoms with Gasteiger partial charge in [-0.15, -0.1) is 0 Å². The van der Waals surface area contributed by atoms with E-state index in [1.54, 1.807) is 12.5 Å². The van der Waals surface area contributed by atoms with Gasteiger partial charge in [0.05, 0.1) is 12.8 Å². The Hall–Kier alpha value is -2.30. The Bertz CT molecular complexity index is 639. The molecule has 2 aromatic rings. The van der Waals surface area contributed by atoms with Crippen LogP contribution in [0.2, 0.25) is 0 Å². The van der Waals surface area contributed by atoms with Gasteiger partial charge in [-0.2, -0.15) is 0 Å². The number of piperidine rings is 1. The van der Waals surface area contributed by atoms with Crippen LogP contribution in [-0.2, 0) is 6.54 Å². The van der Waals surface area contributed by atoms with E-state index in [-0.39, 0.29) is 5.91 Å². The van der Waals surface area contributed by atoms with Crippen LogP contribution in [0.5, 0.6) is 0 Å². The second-order valence-corrected chi connectivity index (χ2v) is 5.92. The molecule has 1 atom stereocenters. The Kier molecular flexibility index (Phi) is 4.95. The van der Waals surface area contributed by atoms with E-state index in [2.05, 4.69) is 17.2 Å². The van der Waals surface area contributed by atoms with E-state index >= 15 is 0 Å². The number of pyridine rings is 1. The standard InChI is InChI=1S/C18H23N3O2/c1-2-15-6-3-4-10-21(15)18(22)17-12-14(8-9-19-17)20-13-16-7-5-11-23-16/h5,7-9,11-12,15H,2-4,6,10,13H2,1H3,(H,19,20). The van der Waals surface area contributed by atoms with Crippen molar-refractivity contribution in [1.29, 1.82) is 0 Å². The average molecular weight is 313 g/mol. The number of hydrogen-bond acceptors (Lipinski definition) is 4. The Morgan fingerprint density at radius 2 is 2.35 bits per heavy atom. The molecule has 1 saturated heterocycles. The molecule has 5 heteroatoms. The first-order chi connectivity index (χ1) is 11.3. The van der Waals surface area contributed by atoms with Gasteiger partial charge in [0.15, 0.2) is 0 Å². The maximum Gasteiger partial charge on any atom is 0.272 e. The van der Waals surface area contributed by atoms with Gasteiger partial charge in [0.2, 0.25) is 0 Å². The van der Waals surface area contributed by atoms with E-state index in [1.165, 1.54) is 6.42 Å². The van der Waals surface area contributed by atoms with Crippen LogP contribution in [0, 0.1) is 0 Å². The Balaban J connectivity index is 1.69. The van der Waals surface area contributed by atoms with Crippen LogP contribution in [0.4, 0.5) is 5.69 Å². The van der Waals surface area contributed by atoms with E-state index in [0.717, 1.165) is 37.3 Å². The lowest BCUT2D eigenvalue weighted by atomic mass is 9.99. The molecule has 1 unspecified atom stereocenters. The summed E-state index contributed by atoms with van der Waals surface area (Å²) in [4.78, 5) is 19.0. The molecule has 0 spiro atoms. The van der Waals surface area contributed by atoms with Crippen LogP contribution in [0.3, 0.4) is 0 Å². The summed E-state index contributed by atoms with van der Waals surface area (Å²) in [6.07, 6.45) is 7.72. The number of nitrogens with one attached hydrogen (secondary N) is 1. The molecule has 0 radical (unpaired) electrons. The van der Waals surface area contributed by atoms with Crippen LogP contribution >= 0.6 is 0 Å². The van der Waals surface area contributed by atoms with E-state index in [9.17, 15) is 4.79 Å². The smallest absolute Gasteiger partial charge is 0.272 e. The van der Waals surface area contributed by atoms with Crippen molar-refractivity contribution in [2.24, 2.45) is 0 Å². The fraction of sp³-hybridized carbons (Fsp3) is 0.444. The molecule has 0 aliphatic carbocycles. The van der Waals surface area contributed by atoms with Crippen molar-refractivity contribution in [3.63, 3.8) is 0 Å². The van der Waals surface area contributed by atoms with E-state index in [0.29, 0.717) is 18.3 Å². The summed E-state index contributed by atoms with van der Waals surface area (Å²) in [6, 6.07) is 7.82. The fourth-order valence-corrected chi connectivity index (χ4v) is 3.10. The summed E-state index contributed by atoms with van der Waals surface area (Å²) >= 11 is 0. The van der Waals surface area contributed by atoms with Crippen LogP contribution in [0.1, 0.15) is 48.9 Å². The second-order valence-electron chi connectivity index (χ2n) is 5.92. The number of aromatic nitrogens is 1. The first-order valence-electron chi connectivity index (χ1n) is 8.31. The maximum atomic E-state index is 12.8. The number of anilines is 1. The van der Waals surface area contributed by atoms with Crippen LogP contribution < -0.4 is 5.32 Å². The average Bonchev–Trinajstić information content (AvgIpc) is 3.13. The minimum atomic E-state index is 0.0400. The lowest BCUT2D eigenvalue weighted by Crippen LogP contribution is -2.43. The van der Waals surface area contributed by atoms with Crippen LogP contribution in [0.25, 0.3) is 0 Å². The fourth-order valence-electron chi connectivity index (χ4n) is 3.10. The third-order valence-corrected chi connectivity index (χ3v) is 4.39. The molecule has 0 aromatic carbocycles. The van der Waals surface area contributed by atoms with Gasteiger partial charge in [0.25, 0.3) is 5.91 Å². The summed E-state index contributed by atoms with van der Waals surface area (Å²) in [7, 11) is 0. The minimum absolute atomic E-state index is 0.0400. The summed E-state index contributed by atoms with van der Waals surface area (Å²) in [6.45, 7) is 3.57. The highest BCUT2D eigenvalue weighted by molar-refractivity contribution is 5.93. The molecule has 5 nitrogen and oxygen atoms in total. The van der Waals surface area contributed by atoms with Crippen molar-refractivity contribution in [3.05, 3.63) is 48.2 Å². The first-order valence-corrected chi connectivity index (χ1v) is 8.31. The molecular weight excluding hydrogens is 290 g/mol. The molecule has 0 bridgehead atoms. The molecular formula is C18H23N3O2. The van der Waals surface area contributed by atoms with Crippen molar-refractivity contribution in [1.82, 2.24) is 9.88 Å². The van der Waals surface area contributed by atoms with Gasteiger partial charge in [0, 0.05) is 24.5 Å². The quantitative estimate of drug-likeness (QED) is 0.914. The van der Waals surface area contributed by atoms with Crippen LogP contribution in [-0.4, -0.2) is 28.4 Å². The zero-order valence-electron chi connectivity index (χ0n) is 13.5. The Morgan fingerprint density at radius 1 is 1.43 bits per heavy atom. The molecule has 1 fully saturated rings. The summed E-state index contributed by atoms with van der Waals surface area (Å²) in [5.74, 6) is 0.898. The van der Waals surface area contributed by atoms with Gasteiger partial charge in [-0.25, -0.2) is 0 Å². The van der Waals surface area contributed by atoms with E-state index in [1.807, 2.05) is 29.2 Å². The SMILES string of the molecule is CCC1CCCCN1C(=O)c1cc(NCc2ccco2)ccn1. The highest BCUT2D eigenvalue weighted by atomic mass is 16.3. The molecule has 1 N–H and O–H groups in total. The lowest BCUT2D eigenvalue weighted by Gasteiger charge is -2.35. The van der Waals surface area contributed by atoms with E-state index in [4.69, 9.17) is 4.42 Å². The summed E-state index contributed by atoms with van der Waals surface area (Å²) < 4.78 is 5.30. The minimum Gasteiger partial charge on any atom is -0.467 e. The van der Waals surface area contributed by atoms with E-state index < -0.39 is 0 Å². The number of rotatable bonds is 5.